The van der Waals surface area contributed by atoms with Crippen molar-refractivity contribution in [2.75, 3.05) is 26.2 Å². The molecule has 0 saturated carbocycles. The Bertz CT molecular complexity index is 811. The third-order valence-corrected chi connectivity index (χ3v) is 5.77. The van der Waals surface area contributed by atoms with Crippen LogP contribution in [0.2, 0.25) is 0 Å². The highest BCUT2D eigenvalue weighted by Gasteiger charge is 2.53. The van der Waals surface area contributed by atoms with Gasteiger partial charge in [0.15, 0.2) is 0 Å². The molecular formula is C22H30F3N3O5. The van der Waals surface area contributed by atoms with Crippen LogP contribution in [0.3, 0.4) is 0 Å². The first-order valence-electron chi connectivity index (χ1n) is 10.8. The number of carbonyl (C=O) groups excluding carboxylic acids is 2. The van der Waals surface area contributed by atoms with Gasteiger partial charge in [-0.25, -0.2) is 4.79 Å². The lowest BCUT2D eigenvalue weighted by Crippen LogP contribution is -2.66. The average Bonchev–Trinajstić information content (AvgIpc) is 3.15. The summed E-state index contributed by atoms with van der Waals surface area (Å²) >= 11 is 0. The SMILES string of the molecule is CC(C)CCC(=O)N1CC2(C1)OCCC2CCNC(=O)c1ccncc1.O=C(O)C(F)(F)F. The van der Waals surface area contributed by atoms with Gasteiger partial charge >= 0.3 is 12.1 Å². The molecule has 2 amide bonds. The standard InChI is InChI=1S/C20H29N3O3.C2HF3O2/c1-15(2)3-4-18(24)23-13-20(14-23)17(8-12-26-20)7-11-22-19(25)16-5-9-21-10-6-16;3-2(4,5)1(6)7/h5-6,9-10,15,17H,3-4,7-8,11-14H2,1-2H3,(H,22,25);(H,6,7). The van der Waals surface area contributed by atoms with Crippen molar-refractivity contribution < 1.29 is 37.4 Å². The smallest absolute Gasteiger partial charge is 0.475 e. The van der Waals surface area contributed by atoms with E-state index in [1.165, 1.54) is 0 Å². The first-order chi connectivity index (χ1) is 15.4. The van der Waals surface area contributed by atoms with Gasteiger partial charge in [-0.2, -0.15) is 13.2 Å². The van der Waals surface area contributed by atoms with Gasteiger partial charge in [0.1, 0.15) is 5.60 Å². The highest BCUT2D eigenvalue weighted by molar-refractivity contribution is 5.93. The molecule has 3 heterocycles. The molecule has 2 fully saturated rings. The Labute approximate surface area is 190 Å². The van der Waals surface area contributed by atoms with Crippen LogP contribution in [0.5, 0.6) is 0 Å². The van der Waals surface area contributed by atoms with E-state index in [1.54, 1.807) is 24.5 Å². The number of amides is 2. The van der Waals surface area contributed by atoms with E-state index in [0.717, 1.165) is 25.9 Å². The topological polar surface area (TPSA) is 109 Å². The molecule has 1 aromatic rings. The van der Waals surface area contributed by atoms with Gasteiger partial charge in [-0.05, 0) is 43.2 Å². The Kier molecular flexibility index (Phi) is 9.21. The van der Waals surface area contributed by atoms with Crippen molar-refractivity contribution in [2.24, 2.45) is 11.8 Å². The number of hydrogen-bond donors (Lipinski definition) is 2. The third-order valence-electron chi connectivity index (χ3n) is 5.77. The van der Waals surface area contributed by atoms with Crippen molar-refractivity contribution in [1.29, 1.82) is 0 Å². The molecule has 8 nitrogen and oxygen atoms in total. The summed E-state index contributed by atoms with van der Waals surface area (Å²) in [5, 5.41) is 10.1. The maximum atomic E-state index is 12.2. The van der Waals surface area contributed by atoms with E-state index in [0.29, 0.717) is 43.5 Å². The summed E-state index contributed by atoms with van der Waals surface area (Å²) in [6, 6.07) is 3.42. The lowest BCUT2D eigenvalue weighted by atomic mass is 9.78. The van der Waals surface area contributed by atoms with Gasteiger partial charge in [0.25, 0.3) is 5.91 Å². The molecule has 0 bridgehead atoms. The third kappa shape index (κ3) is 7.69. The predicted octanol–water partition coefficient (Wildman–Crippen LogP) is 2.89. The van der Waals surface area contributed by atoms with E-state index in [9.17, 15) is 22.8 Å². The Morgan fingerprint density at radius 3 is 2.42 bits per heavy atom. The lowest BCUT2D eigenvalue weighted by molar-refractivity contribution is -0.192. The first-order valence-corrected chi connectivity index (χ1v) is 10.8. The summed E-state index contributed by atoms with van der Waals surface area (Å²) in [4.78, 5) is 39.1. The van der Waals surface area contributed by atoms with E-state index in [1.807, 2.05) is 4.90 Å². The quantitative estimate of drug-likeness (QED) is 0.631. The average molecular weight is 473 g/mol. The van der Waals surface area contributed by atoms with Crippen LogP contribution in [-0.4, -0.2) is 70.8 Å². The molecular weight excluding hydrogens is 443 g/mol. The zero-order chi connectivity index (χ0) is 24.6. The molecule has 3 rings (SSSR count). The number of rotatable bonds is 7. The summed E-state index contributed by atoms with van der Waals surface area (Å²) in [5.74, 6) is -1.64. The second-order valence-electron chi connectivity index (χ2n) is 8.66. The largest absolute Gasteiger partial charge is 0.490 e. The predicted molar refractivity (Wildman–Crippen MR) is 112 cm³/mol. The second kappa shape index (κ2) is 11.4. The van der Waals surface area contributed by atoms with E-state index in [-0.39, 0.29) is 17.4 Å². The van der Waals surface area contributed by atoms with Gasteiger partial charge < -0.3 is 20.1 Å². The number of pyridine rings is 1. The van der Waals surface area contributed by atoms with Crippen LogP contribution in [-0.2, 0) is 14.3 Å². The number of aromatic nitrogens is 1. The van der Waals surface area contributed by atoms with Crippen LogP contribution >= 0.6 is 0 Å². The molecule has 11 heteroatoms. The summed E-state index contributed by atoms with van der Waals surface area (Å²) in [7, 11) is 0. The second-order valence-corrected chi connectivity index (χ2v) is 8.66. The Hall–Kier alpha value is -2.69. The minimum Gasteiger partial charge on any atom is -0.475 e. The fourth-order valence-electron chi connectivity index (χ4n) is 3.85. The van der Waals surface area contributed by atoms with Gasteiger partial charge in [-0.1, -0.05) is 13.8 Å². The highest BCUT2D eigenvalue weighted by atomic mass is 19.4. The van der Waals surface area contributed by atoms with Crippen LogP contribution in [0.4, 0.5) is 13.2 Å². The number of nitrogens with one attached hydrogen (secondary N) is 1. The van der Waals surface area contributed by atoms with Gasteiger partial charge in [-0.15, -0.1) is 0 Å². The van der Waals surface area contributed by atoms with Crippen LogP contribution < -0.4 is 5.32 Å². The van der Waals surface area contributed by atoms with Crippen LogP contribution in [0.15, 0.2) is 24.5 Å². The molecule has 1 aromatic heterocycles. The minimum absolute atomic E-state index is 0.0699. The molecule has 1 atom stereocenters. The van der Waals surface area contributed by atoms with Crippen molar-refractivity contribution >= 4 is 17.8 Å². The van der Waals surface area contributed by atoms with Crippen molar-refractivity contribution in [2.45, 2.75) is 51.3 Å². The van der Waals surface area contributed by atoms with Gasteiger partial charge in [0.05, 0.1) is 13.1 Å². The van der Waals surface area contributed by atoms with E-state index >= 15 is 0 Å². The number of carboxylic acid groups (broad SMARTS) is 1. The maximum Gasteiger partial charge on any atom is 0.490 e. The normalized spacial score (nSPS) is 19.0. The number of carboxylic acids is 1. The molecule has 0 radical (unpaired) electrons. The Morgan fingerprint density at radius 2 is 1.88 bits per heavy atom. The maximum absolute atomic E-state index is 12.2. The number of likely N-dealkylation sites (tertiary alicyclic amines) is 1. The summed E-state index contributed by atoms with van der Waals surface area (Å²) < 4.78 is 37.8. The van der Waals surface area contributed by atoms with Crippen LogP contribution in [0, 0.1) is 11.8 Å². The molecule has 0 aliphatic carbocycles. The van der Waals surface area contributed by atoms with E-state index in [2.05, 4.69) is 24.1 Å². The van der Waals surface area contributed by atoms with Crippen LogP contribution in [0.25, 0.3) is 0 Å². The summed E-state index contributed by atoms with van der Waals surface area (Å²) in [6.45, 7) is 7.05. The molecule has 2 N–H and O–H groups in total. The molecule has 2 saturated heterocycles. The zero-order valence-electron chi connectivity index (χ0n) is 18.7. The zero-order valence-corrected chi connectivity index (χ0v) is 18.7. The van der Waals surface area contributed by atoms with Gasteiger partial charge in [-0.3, -0.25) is 14.6 Å². The monoisotopic (exact) mass is 473 g/mol. The van der Waals surface area contributed by atoms with Crippen molar-refractivity contribution in [3.63, 3.8) is 0 Å². The number of halogens is 3. The number of ether oxygens (including phenoxy) is 1. The lowest BCUT2D eigenvalue weighted by Gasteiger charge is -2.50. The molecule has 1 unspecified atom stereocenters. The van der Waals surface area contributed by atoms with Crippen molar-refractivity contribution in [3.8, 4) is 0 Å². The fraction of sp³-hybridized carbons (Fsp3) is 0.636. The van der Waals surface area contributed by atoms with Gasteiger partial charge in [0, 0.05) is 37.5 Å². The highest BCUT2D eigenvalue weighted by Crippen LogP contribution is 2.41. The minimum atomic E-state index is -5.08. The molecule has 1 spiro atoms. The summed E-state index contributed by atoms with van der Waals surface area (Å²) in [6.07, 6.45) is 1.60. The van der Waals surface area contributed by atoms with E-state index in [4.69, 9.17) is 14.6 Å². The number of hydrogen-bond acceptors (Lipinski definition) is 5. The first kappa shape index (κ1) is 26.6. The summed E-state index contributed by atoms with van der Waals surface area (Å²) in [5.41, 5.74) is 0.442. The van der Waals surface area contributed by atoms with Crippen molar-refractivity contribution in [3.05, 3.63) is 30.1 Å². The van der Waals surface area contributed by atoms with Crippen molar-refractivity contribution in [1.82, 2.24) is 15.2 Å². The molecule has 2 aliphatic heterocycles. The van der Waals surface area contributed by atoms with E-state index < -0.39 is 12.1 Å². The number of nitrogens with zero attached hydrogens (tertiary/aromatic N) is 2. The Morgan fingerprint density at radius 1 is 1.27 bits per heavy atom. The molecule has 0 aromatic carbocycles. The Balaban J connectivity index is 0.000000479. The van der Waals surface area contributed by atoms with Crippen LogP contribution in [0.1, 0.15) is 49.9 Å². The number of carbonyl (C=O) groups is 3. The fourth-order valence-corrected chi connectivity index (χ4v) is 3.85. The number of aliphatic carboxylic acids is 1. The molecule has 2 aliphatic rings. The van der Waals surface area contributed by atoms with Gasteiger partial charge in [0.2, 0.25) is 5.91 Å². The molecule has 184 valence electrons. The number of alkyl halides is 3. The molecule has 33 heavy (non-hydrogen) atoms.